The number of aliphatic hydroxyl groups is 2. The number of allylic oxidation sites excluding steroid dienone is 5. The Morgan fingerprint density at radius 2 is 1.80 bits per heavy atom. The van der Waals surface area contributed by atoms with E-state index < -0.39 is 6.23 Å². The Hall–Kier alpha value is -1.80. The van der Waals surface area contributed by atoms with Crippen LogP contribution >= 0.6 is 0 Å². The zero-order valence-corrected chi connectivity index (χ0v) is 22.4. The van der Waals surface area contributed by atoms with Crippen LogP contribution in [-0.2, 0) is 6.61 Å². The molecule has 1 aromatic rings. The minimum atomic E-state index is -0.709. The van der Waals surface area contributed by atoms with Crippen molar-refractivity contribution in [3.8, 4) is 0 Å². The van der Waals surface area contributed by atoms with Gasteiger partial charge in [-0.3, -0.25) is 5.32 Å². The zero-order valence-electron chi connectivity index (χ0n) is 22.4. The van der Waals surface area contributed by atoms with Gasteiger partial charge in [0.2, 0.25) is 0 Å². The lowest BCUT2D eigenvalue weighted by Crippen LogP contribution is -2.40. The van der Waals surface area contributed by atoms with Gasteiger partial charge in [0.05, 0.1) is 6.61 Å². The summed E-state index contributed by atoms with van der Waals surface area (Å²) in [4.78, 5) is 0. The molecule has 0 aromatic heterocycles. The number of benzene rings is 1. The van der Waals surface area contributed by atoms with Crippen molar-refractivity contribution in [2.45, 2.75) is 79.2 Å². The van der Waals surface area contributed by atoms with Crippen LogP contribution in [0.4, 0.5) is 0 Å². The molecule has 1 saturated carbocycles. The van der Waals surface area contributed by atoms with Crippen molar-refractivity contribution >= 4 is 0 Å². The molecule has 6 nitrogen and oxygen atoms in total. The largest absolute Gasteiger partial charge is 0.412 e. The summed E-state index contributed by atoms with van der Waals surface area (Å²) in [5.74, 6) is 1.70. The number of nitrogens with one attached hydrogen (secondary N) is 1. The summed E-state index contributed by atoms with van der Waals surface area (Å²) in [6.07, 6.45) is 14.4. The molecule has 1 aromatic carbocycles. The Morgan fingerprint density at radius 3 is 2.34 bits per heavy atom. The van der Waals surface area contributed by atoms with Gasteiger partial charge in [-0.15, -0.1) is 6.58 Å². The maximum Gasteiger partial charge on any atom is 0.131 e. The molecule has 1 radical (unpaired) electrons. The highest BCUT2D eigenvalue weighted by molar-refractivity contribution is 5.24. The third-order valence-electron chi connectivity index (χ3n) is 6.65. The summed E-state index contributed by atoms with van der Waals surface area (Å²) < 4.78 is 0. The summed E-state index contributed by atoms with van der Waals surface area (Å²) in [5.41, 5.74) is 1.99. The molecule has 0 spiro atoms. The highest BCUT2D eigenvalue weighted by Gasteiger charge is 2.36. The Labute approximate surface area is 213 Å². The van der Waals surface area contributed by atoms with Crippen molar-refractivity contribution in [1.29, 1.82) is 0 Å². The van der Waals surface area contributed by atoms with E-state index in [9.17, 15) is 10.2 Å². The Balaban J connectivity index is -0.00000162. The maximum atomic E-state index is 10.8. The van der Waals surface area contributed by atoms with Gasteiger partial charge in [-0.1, -0.05) is 76.3 Å². The molecule has 0 amide bonds. The first-order chi connectivity index (χ1) is 15.2. The molecule has 9 N–H and O–H groups in total. The Morgan fingerprint density at radius 1 is 1.17 bits per heavy atom. The highest BCUT2D eigenvalue weighted by Crippen LogP contribution is 2.45. The zero-order chi connectivity index (χ0) is 24.1. The van der Waals surface area contributed by atoms with E-state index >= 15 is 0 Å². The van der Waals surface area contributed by atoms with E-state index in [1.54, 1.807) is 0 Å². The van der Waals surface area contributed by atoms with E-state index in [4.69, 9.17) is 0 Å². The van der Waals surface area contributed by atoms with E-state index in [0.29, 0.717) is 23.2 Å². The van der Waals surface area contributed by atoms with Crippen molar-refractivity contribution in [3.05, 3.63) is 79.3 Å². The average molecular weight is 495 g/mol. The fourth-order valence-corrected chi connectivity index (χ4v) is 4.47. The number of aliphatic hydroxyl groups excluding tert-OH is 2. The Kier molecular flexibility index (Phi) is 20.9. The van der Waals surface area contributed by atoms with Crippen molar-refractivity contribution in [2.24, 2.45) is 23.2 Å². The molecule has 0 aliphatic heterocycles. The van der Waals surface area contributed by atoms with Crippen LogP contribution in [0.3, 0.4) is 0 Å². The standard InChI is InChI=1S/C26H41NO2.C3H5.3H2O/c1-6-7-8-12-23-16-20(13-14-26(23,4)5)17-24(19(2)3)27-25(29)22-11-9-10-21(15-22)18-28;1-3-2;;;/h6-12,15,19-20,23-25,27-29H,13-14,16-18H2,1-5H3;3H,1-2H2;3*1H2/b7-6+,12-8+;;;;/t20?,23?,24-,25?;;;;/m0..../s1. The van der Waals surface area contributed by atoms with Crippen LogP contribution in [0.25, 0.3) is 0 Å². The molecule has 6 heteroatoms. The molecular formula is C29H52NO5. The first-order valence-electron chi connectivity index (χ1n) is 12.0. The van der Waals surface area contributed by atoms with Crippen molar-refractivity contribution in [3.63, 3.8) is 0 Å². The molecule has 3 unspecified atom stereocenters. The summed E-state index contributed by atoms with van der Waals surface area (Å²) in [6.45, 7) is 17.8. The lowest BCUT2D eigenvalue weighted by molar-refractivity contribution is 0.0840. The molecule has 0 bridgehead atoms. The molecule has 0 heterocycles. The minimum absolute atomic E-state index is 0. The lowest BCUT2D eigenvalue weighted by Gasteiger charge is -2.42. The van der Waals surface area contributed by atoms with Gasteiger partial charge in [0, 0.05) is 6.04 Å². The Bertz CT molecular complexity index is 730. The van der Waals surface area contributed by atoms with E-state index in [2.05, 4.69) is 77.7 Å². The summed E-state index contributed by atoms with van der Waals surface area (Å²) in [5, 5.41) is 23.6. The second-order valence-corrected chi connectivity index (χ2v) is 9.99. The normalized spacial score (nSPS) is 20.6. The maximum absolute atomic E-state index is 10.8. The van der Waals surface area contributed by atoms with Crippen LogP contribution in [0.2, 0.25) is 0 Å². The van der Waals surface area contributed by atoms with E-state index in [0.717, 1.165) is 17.5 Å². The van der Waals surface area contributed by atoms with E-state index in [1.807, 2.05) is 24.3 Å². The van der Waals surface area contributed by atoms with Gasteiger partial charge in [0.15, 0.2) is 0 Å². The summed E-state index contributed by atoms with van der Waals surface area (Å²) >= 11 is 0. The highest BCUT2D eigenvalue weighted by atomic mass is 16.3. The van der Waals surface area contributed by atoms with Gasteiger partial charge < -0.3 is 26.6 Å². The predicted octanol–water partition coefficient (Wildman–Crippen LogP) is 4.28. The molecule has 1 fully saturated rings. The lowest BCUT2D eigenvalue weighted by atomic mass is 9.64. The number of hydrogen-bond donors (Lipinski definition) is 3. The second-order valence-electron chi connectivity index (χ2n) is 9.99. The van der Waals surface area contributed by atoms with Crippen LogP contribution in [0.5, 0.6) is 0 Å². The van der Waals surface area contributed by atoms with Crippen LogP contribution in [0.1, 0.15) is 77.7 Å². The minimum Gasteiger partial charge on any atom is -0.412 e. The third kappa shape index (κ3) is 13.2. The first kappa shape index (κ1) is 37.7. The topological polar surface area (TPSA) is 147 Å². The SMILES string of the molecule is C/C=C/C=C/C1CC(C[C@H](NC(O)c2cccc(CO)c2)C(C)C)CCC1(C)C.O.O.O.[CH2]C=C. The van der Waals surface area contributed by atoms with Crippen LogP contribution in [0, 0.1) is 30.1 Å². The van der Waals surface area contributed by atoms with Gasteiger partial charge in [-0.2, -0.15) is 0 Å². The quantitative estimate of drug-likeness (QED) is 0.347. The fourth-order valence-electron chi connectivity index (χ4n) is 4.47. The van der Waals surface area contributed by atoms with Gasteiger partial charge >= 0.3 is 0 Å². The van der Waals surface area contributed by atoms with Crippen LogP contribution < -0.4 is 5.32 Å². The van der Waals surface area contributed by atoms with Gasteiger partial charge in [0.1, 0.15) is 6.23 Å². The smallest absolute Gasteiger partial charge is 0.131 e. The molecule has 1 aliphatic rings. The second kappa shape index (κ2) is 19.4. The summed E-state index contributed by atoms with van der Waals surface area (Å²) in [7, 11) is 0. The molecule has 4 atom stereocenters. The molecular weight excluding hydrogens is 442 g/mol. The fraction of sp³-hybridized carbons (Fsp3) is 0.552. The van der Waals surface area contributed by atoms with E-state index in [1.165, 1.54) is 25.3 Å². The number of rotatable bonds is 9. The van der Waals surface area contributed by atoms with Gasteiger partial charge in [0.25, 0.3) is 0 Å². The average Bonchev–Trinajstić information content (AvgIpc) is 2.76. The summed E-state index contributed by atoms with van der Waals surface area (Å²) in [6, 6.07) is 7.82. The molecule has 1 aliphatic carbocycles. The van der Waals surface area contributed by atoms with Crippen molar-refractivity contribution < 1.29 is 26.6 Å². The van der Waals surface area contributed by atoms with Gasteiger partial charge in [-0.25, -0.2) is 0 Å². The molecule has 0 saturated heterocycles. The van der Waals surface area contributed by atoms with Crippen LogP contribution in [-0.4, -0.2) is 32.7 Å². The van der Waals surface area contributed by atoms with Crippen molar-refractivity contribution in [1.82, 2.24) is 5.32 Å². The van der Waals surface area contributed by atoms with Gasteiger partial charge in [-0.05, 0) is 79.9 Å². The number of hydrogen-bond acceptors (Lipinski definition) is 3. The van der Waals surface area contributed by atoms with Crippen LogP contribution in [0.15, 0.2) is 61.2 Å². The first-order valence-corrected chi connectivity index (χ1v) is 12.0. The van der Waals surface area contributed by atoms with E-state index in [-0.39, 0.29) is 29.1 Å². The third-order valence-corrected chi connectivity index (χ3v) is 6.65. The predicted molar refractivity (Wildman–Crippen MR) is 149 cm³/mol. The molecule has 35 heavy (non-hydrogen) atoms. The molecule has 203 valence electrons. The monoisotopic (exact) mass is 494 g/mol. The molecule has 2 rings (SSSR count). The van der Waals surface area contributed by atoms with Crippen molar-refractivity contribution in [2.75, 3.05) is 0 Å².